The molecule has 5 heteroatoms. The highest BCUT2D eigenvalue weighted by Crippen LogP contribution is 2.25. The number of nitrogens with zero attached hydrogens (tertiary/aromatic N) is 3. The Morgan fingerprint density at radius 2 is 2.22 bits per heavy atom. The summed E-state index contributed by atoms with van der Waals surface area (Å²) in [5.41, 5.74) is 2.34. The fourth-order valence-electron chi connectivity index (χ4n) is 2.36. The Bertz CT molecular complexity index is 398. The van der Waals surface area contributed by atoms with E-state index >= 15 is 0 Å². The zero-order chi connectivity index (χ0) is 13.1. The Morgan fingerprint density at radius 3 is 2.78 bits per heavy atom. The van der Waals surface area contributed by atoms with Crippen molar-refractivity contribution in [1.82, 2.24) is 15.1 Å². The van der Waals surface area contributed by atoms with Crippen LogP contribution in [-0.4, -0.2) is 40.6 Å². The summed E-state index contributed by atoms with van der Waals surface area (Å²) in [4.78, 5) is 2.18. The number of aliphatic hydroxyl groups is 1. The number of aromatic nitrogens is 2. The quantitative estimate of drug-likeness (QED) is 0.753. The van der Waals surface area contributed by atoms with Crippen molar-refractivity contribution in [2.24, 2.45) is 7.05 Å². The van der Waals surface area contributed by atoms with Crippen molar-refractivity contribution in [2.45, 2.75) is 39.3 Å². The van der Waals surface area contributed by atoms with Gasteiger partial charge in [0.05, 0.1) is 12.3 Å². The Morgan fingerprint density at radius 1 is 1.50 bits per heavy atom. The van der Waals surface area contributed by atoms with Gasteiger partial charge in [0.15, 0.2) is 0 Å². The fourth-order valence-corrected chi connectivity index (χ4v) is 2.36. The van der Waals surface area contributed by atoms with Crippen molar-refractivity contribution in [3.05, 3.63) is 11.3 Å². The van der Waals surface area contributed by atoms with Crippen molar-refractivity contribution in [3.8, 4) is 0 Å². The Kier molecular flexibility index (Phi) is 4.24. The van der Waals surface area contributed by atoms with E-state index < -0.39 is 0 Å². The number of nitrogens with one attached hydrogen (secondary N) is 1. The lowest BCUT2D eigenvalue weighted by Gasteiger charge is -2.23. The molecule has 0 amide bonds. The molecule has 0 atom stereocenters. The number of aliphatic hydroxyl groups excluding tert-OH is 1. The monoisotopic (exact) mass is 252 g/mol. The van der Waals surface area contributed by atoms with Crippen LogP contribution in [0.2, 0.25) is 0 Å². The molecular weight excluding hydrogens is 228 g/mol. The summed E-state index contributed by atoms with van der Waals surface area (Å²) >= 11 is 0. The molecule has 1 aliphatic rings. The van der Waals surface area contributed by atoms with E-state index in [-0.39, 0.29) is 6.61 Å². The molecule has 1 fully saturated rings. The minimum Gasteiger partial charge on any atom is -0.395 e. The SMILES string of the molecule is CCN(CCO)c1c(CNC2CC2)c(C)nn1C. The second-order valence-electron chi connectivity index (χ2n) is 4.97. The summed E-state index contributed by atoms with van der Waals surface area (Å²) in [7, 11) is 1.98. The average molecular weight is 252 g/mol. The van der Waals surface area contributed by atoms with Gasteiger partial charge >= 0.3 is 0 Å². The lowest BCUT2D eigenvalue weighted by molar-refractivity contribution is 0.301. The minimum atomic E-state index is 0.174. The molecule has 1 aliphatic carbocycles. The van der Waals surface area contributed by atoms with Gasteiger partial charge in [0, 0.05) is 38.3 Å². The van der Waals surface area contributed by atoms with Crippen LogP contribution in [0.5, 0.6) is 0 Å². The van der Waals surface area contributed by atoms with Crippen LogP contribution in [-0.2, 0) is 13.6 Å². The molecule has 2 rings (SSSR count). The van der Waals surface area contributed by atoms with Gasteiger partial charge in [-0.1, -0.05) is 0 Å². The van der Waals surface area contributed by atoms with Gasteiger partial charge in [-0.2, -0.15) is 5.10 Å². The number of hydrogen-bond donors (Lipinski definition) is 2. The standard InChI is InChI=1S/C13H24N4O/c1-4-17(7-8-18)13-12(9-14-11-5-6-11)10(2)15-16(13)3/h11,14,18H,4-9H2,1-3H3. The van der Waals surface area contributed by atoms with Gasteiger partial charge in [0.1, 0.15) is 5.82 Å². The average Bonchev–Trinajstić information content (AvgIpc) is 3.11. The summed E-state index contributed by atoms with van der Waals surface area (Å²) in [5, 5.41) is 17.2. The number of anilines is 1. The Balaban J connectivity index is 2.18. The summed E-state index contributed by atoms with van der Waals surface area (Å²) in [6.07, 6.45) is 2.59. The predicted molar refractivity (Wildman–Crippen MR) is 72.8 cm³/mol. The fraction of sp³-hybridized carbons (Fsp3) is 0.769. The van der Waals surface area contributed by atoms with Gasteiger partial charge in [0.25, 0.3) is 0 Å². The molecule has 0 aromatic carbocycles. The summed E-state index contributed by atoms with van der Waals surface area (Å²) in [6.45, 7) is 6.76. The van der Waals surface area contributed by atoms with Gasteiger partial charge in [-0.15, -0.1) is 0 Å². The zero-order valence-electron chi connectivity index (χ0n) is 11.6. The first kappa shape index (κ1) is 13.4. The topological polar surface area (TPSA) is 53.3 Å². The molecule has 0 aliphatic heterocycles. The molecule has 18 heavy (non-hydrogen) atoms. The molecule has 0 bridgehead atoms. The minimum absolute atomic E-state index is 0.174. The van der Waals surface area contributed by atoms with Crippen LogP contribution in [0, 0.1) is 6.92 Å². The highest BCUT2D eigenvalue weighted by atomic mass is 16.3. The maximum atomic E-state index is 9.16. The van der Waals surface area contributed by atoms with E-state index in [2.05, 4.69) is 29.2 Å². The van der Waals surface area contributed by atoms with E-state index in [1.165, 1.54) is 18.4 Å². The van der Waals surface area contributed by atoms with Gasteiger partial charge in [-0.05, 0) is 26.7 Å². The third-order valence-corrected chi connectivity index (χ3v) is 3.51. The van der Waals surface area contributed by atoms with Crippen molar-refractivity contribution in [1.29, 1.82) is 0 Å². The molecule has 1 heterocycles. The van der Waals surface area contributed by atoms with Crippen LogP contribution >= 0.6 is 0 Å². The number of hydrogen-bond acceptors (Lipinski definition) is 4. The molecule has 0 saturated heterocycles. The summed E-state index contributed by atoms with van der Waals surface area (Å²) in [6, 6.07) is 0.699. The van der Waals surface area contributed by atoms with E-state index in [0.717, 1.165) is 24.6 Å². The summed E-state index contributed by atoms with van der Waals surface area (Å²) < 4.78 is 1.93. The lowest BCUT2D eigenvalue weighted by Crippen LogP contribution is -2.30. The normalized spacial score (nSPS) is 15.1. The van der Waals surface area contributed by atoms with Gasteiger partial charge in [-0.3, -0.25) is 4.68 Å². The highest BCUT2D eigenvalue weighted by molar-refractivity contribution is 5.50. The predicted octanol–water partition coefficient (Wildman–Crippen LogP) is 0.799. The van der Waals surface area contributed by atoms with E-state index in [9.17, 15) is 0 Å². The zero-order valence-corrected chi connectivity index (χ0v) is 11.6. The number of likely N-dealkylation sites (N-methyl/N-ethyl adjacent to an activating group) is 1. The summed E-state index contributed by atoms with van der Waals surface area (Å²) in [5.74, 6) is 1.14. The van der Waals surface area contributed by atoms with E-state index in [0.29, 0.717) is 12.6 Å². The molecule has 1 aromatic rings. The third-order valence-electron chi connectivity index (χ3n) is 3.51. The molecule has 0 radical (unpaired) electrons. The first-order chi connectivity index (χ1) is 8.67. The maximum Gasteiger partial charge on any atom is 0.131 e. The van der Waals surface area contributed by atoms with E-state index in [4.69, 9.17) is 5.11 Å². The van der Waals surface area contributed by atoms with Gasteiger partial charge in [0.2, 0.25) is 0 Å². The number of rotatable bonds is 7. The van der Waals surface area contributed by atoms with E-state index in [1.54, 1.807) is 0 Å². The third kappa shape index (κ3) is 2.84. The molecule has 1 saturated carbocycles. The highest BCUT2D eigenvalue weighted by Gasteiger charge is 2.23. The van der Waals surface area contributed by atoms with Crippen LogP contribution in [0.25, 0.3) is 0 Å². The molecule has 102 valence electrons. The van der Waals surface area contributed by atoms with Crippen LogP contribution in [0.3, 0.4) is 0 Å². The molecule has 1 aromatic heterocycles. The van der Waals surface area contributed by atoms with Crippen molar-refractivity contribution in [2.75, 3.05) is 24.6 Å². The van der Waals surface area contributed by atoms with Crippen LogP contribution in [0.15, 0.2) is 0 Å². The molecule has 5 nitrogen and oxygen atoms in total. The molecular formula is C13H24N4O. The van der Waals surface area contributed by atoms with Crippen LogP contribution in [0.1, 0.15) is 31.0 Å². The second-order valence-corrected chi connectivity index (χ2v) is 4.97. The number of aryl methyl sites for hydroxylation is 2. The Hall–Kier alpha value is -1.07. The van der Waals surface area contributed by atoms with E-state index in [1.807, 2.05) is 11.7 Å². The van der Waals surface area contributed by atoms with Crippen molar-refractivity contribution >= 4 is 5.82 Å². The lowest BCUT2D eigenvalue weighted by atomic mass is 10.2. The van der Waals surface area contributed by atoms with Crippen molar-refractivity contribution in [3.63, 3.8) is 0 Å². The van der Waals surface area contributed by atoms with Gasteiger partial charge in [-0.25, -0.2) is 0 Å². The first-order valence-electron chi connectivity index (χ1n) is 6.79. The van der Waals surface area contributed by atoms with Crippen molar-refractivity contribution < 1.29 is 5.11 Å². The van der Waals surface area contributed by atoms with Crippen LogP contribution < -0.4 is 10.2 Å². The van der Waals surface area contributed by atoms with Gasteiger partial charge < -0.3 is 15.3 Å². The molecule has 2 N–H and O–H groups in total. The largest absolute Gasteiger partial charge is 0.395 e. The molecule has 0 spiro atoms. The molecule has 0 unspecified atom stereocenters. The maximum absolute atomic E-state index is 9.16. The first-order valence-corrected chi connectivity index (χ1v) is 6.79. The Labute approximate surface area is 109 Å². The smallest absolute Gasteiger partial charge is 0.131 e. The van der Waals surface area contributed by atoms with Crippen LogP contribution in [0.4, 0.5) is 5.82 Å². The second kappa shape index (κ2) is 5.71.